The Morgan fingerprint density at radius 1 is 1.37 bits per heavy atom. The van der Waals surface area contributed by atoms with Gasteiger partial charge in [-0.25, -0.2) is 0 Å². The minimum absolute atomic E-state index is 0.410. The Morgan fingerprint density at radius 3 is 3.00 bits per heavy atom. The minimum atomic E-state index is 0.410. The summed E-state index contributed by atoms with van der Waals surface area (Å²) in [6.07, 6.45) is 7.26. The molecule has 19 heavy (non-hydrogen) atoms. The number of hydrogen-bond acceptors (Lipinski definition) is 4. The number of rotatable bonds is 7. The van der Waals surface area contributed by atoms with Crippen molar-refractivity contribution in [2.75, 3.05) is 20.2 Å². The first-order valence-electron chi connectivity index (χ1n) is 7.40. The molecule has 0 amide bonds. The summed E-state index contributed by atoms with van der Waals surface area (Å²) in [5.41, 5.74) is 1.30. The predicted molar refractivity (Wildman–Crippen MR) is 73.9 cm³/mol. The van der Waals surface area contributed by atoms with Crippen molar-refractivity contribution in [1.82, 2.24) is 10.2 Å². The van der Waals surface area contributed by atoms with Gasteiger partial charge < -0.3 is 14.5 Å². The summed E-state index contributed by atoms with van der Waals surface area (Å²) in [7, 11) is 2.14. The molecule has 1 aliphatic heterocycles. The predicted octanol–water partition coefficient (Wildman–Crippen LogP) is 2.14. The third kappa shape index (κ3) is 3.81. The van der Waals surface area contributed by atoms with E-state index in [-0.39, 0.29) is 0 Å². The van der Waals surface area contributed by atoms with Gasteiger partial charge in [0.25, 0.3) is 0 Å². The second-order valence-corrected chi connectivity index (χ2v) is 5.86. The Balaban J connectivity index is 1.48. The van der Waals surface area contributed by atoms with Crippen molar-refractivity contribution in [2.45, 2.75) is 50.9 Å². The molecule has 1 unspecified atom stereocenters. The molecule has 0 aromatic carbocycles. The van der Waals surface area contributed by atoms with Crippen LogP contribution in [0.15, 0.2) is 16.7 Å². The van der Waals surface area contributed by atoms with Crippen LogP contribution < -0.4 is 5.32 Å². The van der Waals surface area contributed by atoms with Crippen LogP contribution >= 0.6 is 0 Å². The lowest BCUT2D eigenvalue weighted by molar-refractivity contribution is 0.0773. The third-order valence-corrected chi connectivity index (χ3v) is 3.95. The quantitative estimate of drug-likeness (QED) is 0.819. The fraction of sp³-hybridized carbons (Fsp3) is 0.733. The number of likely N-dealkylation sites (N-methyl/N-ethyl adjacent to an activating group) is 1. The van der Waals surface area contributed by atoms with E-state index in [1.54, 1.807) is 6.26 Å². The van der Waals surface area contributed by atoms with Crippen LogP contribution in [0.3, 0.4) is 0 Å². The zero-order chi connectivity index (χ0) is 13.1. The van der Waals surface area contributed by atoms with Crippen molar-refractivity contribution in [3.8, 4) is 0 Å². The molecule has 3 rings (SSSR count). The lowest BCUT2D eigenvalue weighted by Crippen LogP contribution is -2.28. The van der Waals surface area contributed by atoms with Crippen LogP contribution in [0.4, 0.5) is 0 Å². The van der Waals surface area contributed by atoms with Gasteiger partial charge in [0.1, 0.15) is 5.76 Å². The van der Waals surface area contributed by atoms with E-state index >= 15 is 0 Å². The standard InChI is InChI=1S/C15H24N2O2/c1-17(10-14-3-2-7-18-14)11-15-12(6-8-19-15)9-16-13-4-5-13/h6,8,13-14,16H,2-5,7,9-11H2,1H3. The molecule has 1 saturated carbocycles. The molecule has 106 valence electrons. The van der Waals surface area contributed by atoms with Crippen LogP contribution in [-0.2, 0) is 17.8 Å². The van der Waals surface area contributed by atoms with E-state index in [9.17, 15) is 0 Å². The van der Waals surface area contributed by atoms with E-state index in [1.807, 2.05) is 0 Å². The summed E-state index contributed by atoms with van der Waals surface area (Å²) < 4.78 is 11.3. The van der Waals surface area contributed by atoms with Gasteiger partial charge in [-0.05, 0) is 38.8 Å². The first-order chi connectivity index (χ1) is 9.31. The Kier molecular flexibility index (Phi) is 4.21. The summed E-state index contributed by atoms with van der Waals surface area (Å²) in [5, 5.41) is 3.54. The van der Waals surface area contributed by atoms with Crippen LogP contribution in [-0.4, -0.2) is 37.2 Å². The smallest absolute Gasteiger partial charge is 0.122 e. The van der Waals surface area contributed by atoms with E-state index in [1.165, 1.54) is 31.2 Å². The summed E-state index contributed by atoms with van der Waals surface area (Å²) in [6, 6.07) is 2.83. The second-order valence-electron chi connectivity index (χ2n) is 5.86. The maximum absolute atomic E-state index is 5.68. The minimum Gasteiger partial charge on any atom is -0.468 e. The average molecular weight is 264 g/mol. The number of ether oxygens (including phenoxy) is 1. The van der Waals surface area contributed by atoms with Gasteiger partial charge in [-0.3, -0.25) is 4.90 Å². The van der Waals surface area contributed by atoms with Crippen molar-refractivity contribution in [3.05, 3.63) is 23.7 Å². The molecule has 1 aromatic rings. The number of nitrogens with zero attached hydrogens (tertiary/aromatic N) is 1. The molecule has 1 saturated heterocycles. The van der Waals surface area contributed by atoms with Crippen LogP contribution in [0.25, 0.3) is 0 Å². The molecule has 4 heteroatoms. The van der Waals surface area contributed by atoms with E-state index in [4.69, 9.17) is 9.15 Å². The molecule has 2 aliphatic rings. The van der Waals surface area contributed by atoms with Crippen LogP contribution in [0, 0.1) is 0 Å². The molecule has 0 radical (unpaired) electrons. The lowest BCUT2D eigenvalue weighted by atomic mass is 10.2. The largest absolute Gasteiger partial charge is 0.468 e. The van der Waals surface area contributed by atoms with Crippen molar-refractivity contribution in [1.29, 1.82) is 0 Å². The van der Waals surface area contributed by atoms with Crippen molar-refractivity contribution in [2.24, 2.45) is 0 Å². The van der Waals surface area contributed by atoms with Crippen LogP contribution in [0.1, 0.15) is 37.0 Å². The first kappa shape index (κ1) is 13.2. The topological polar surface area (TPSA) is 37.6 Å². The summed E-state index contributed by atoms with van der Waals surface area (Å²) in [6.45, 7) is 3.73. The molecule has 0 spiro atoms. The molecule has 2 fully saturated rings. The highest BCUT2D eigenvalue weighted by molar-refractivity contribution is 5.17. The van der Waals surface area contributed by atoms with Gasteiger partial charge in [-0.1, -0.05) is 0 Å². The van der Waals surface area contributed by atoms with E-state index < -0.39 is 0 Å². The highest BCUT2D eigenvalue weighted by Gasteiger charge is 2.22. The summed E-state index contributed by atoms with van der Waals surface area (Å²) >= 11 is 0. The fourth-order valence-electron chi connectivity index (χ4n) is 2.65. The number of nitrogens with one attached hydrogen (secondary N) is 1. The highest BCUT2D eigenvalue weighted by Crippen LogP contribution is 2.21. The van der Waals surface area contributed by atoms with Gasteiger partial charge in [0, 0.05) is 31.3 Å². The molecule has 0 bridgehead atoms. The Labute approximate surface area is 115 Å². The van der Waals surface area contributed by atoms with Gasteiger partial charge in [0.2, 0.25) is 0 Å². The third-order valence-electron chi connectivity index (χ3n) is 3.95. The van der Waals surface area contributed by atoms with Gasteiger partial charge in [0.05, 0.1) is 18.9 Å². The first-order valence-corrected chi connectivity index (χ1v) is 7.40. The summed E-state index contributed by atoms with van der Waals surface area (Å²) in [5.74, 6) is 1.09. The molecule has 2 heterocycles. The van der Waals surface area contributed by atoms with Gasteiger partial charge in [-0.15, -0.1) is 0 Å². The Hall–Kier alpha value is -0.840. The molecular formula is C15H24N2O2. The zero-order valence-corrected chi connectivity index (χ0v) is 11.7. The molecule has 1 N–H and O–H groups in total. The molecular weight excluding hydrogens is 240 g/mol. The maximum atomic E-state index is 5.68. The highest BCUT2D eigenvalue weighted by atomic mass is 16.5. The van der Waals surface area contributed by atoms with E-state index in [2.05, 4.69) is 23.3 Å². The number of hydrogen-bond donors (Lipinski definition) is 1. The molecule has 1 atom stereocenters. The Morgan fingerprint density at radius 2 is 2.26 bits per heavy atom. The van der Waals surface area contributed by atoms with Gasteiger partial charge in [0.15, 0.2) is 0 Å². The second kappa shape index (κ2) is 6.07. The fourth-order valence-corrected chi connectivity index (χ4v) is 2.65. The van der Waals surface area contributed by atoms with E-state index in [0.717, 1.165) is 38.0 Å². The molecule has 1 aliphatic carbocycles. The summed E-state index contributed by atoms with van der Waals surface area (Å²) in [4.78, 5) is 2.30. The Bertz CT molecular complexity index is 395. The van der Waals surface area contributed by atoms with E-state index in [0.29, 0.717) is 6.10 Å². The van der Waals surface area contributed by atoms with Crippen molar-refractivity contribution < 1.29 is 9.15 Å². The maximum Gasteiger partial charge on any atom is 0.122 e. The molecule has 4 nitrogen and oxygen atoms in total. The lowest BCUT2D eigenvalue weighted by Gasteiger charge is -2.20. The van der Waals surface area contributed by atoms with Gasteiger partial charge in [-0.2, -0.15) is 0 Å². The van der Waals surface area contributed by atoms with Gasteiger partial charge >= 0.3 is 0 Å². The van der Waals surface area contributed by atoms with Crippen LogP contribution in [0.2, 0.25) is 0 Å². The average Bonchev–Trinajstić information content (AvgIpc) is 2.89. The number of furan rings is 1. The van der Waals surface area contributed by atoms with Crippen molar-refractivity contribution >= 4 is 0 Å². The normalized spacial score (nSPS) is 23.4. The molecule has 1 aromatic heterocycles. The SMILES string of the molecule is CN(Cc1occc1CNC1CC1)CC1CCCO1. The zero-order valence-electron chi connectivity index (χ0n) is 11.7. The van der Waals surface area contributed by atoms with Crippen molar-refractivity contribution in [3.63, 3.8) is 0 Å². The monoisotopic (exact) mass is 264 g/mol. The van der Waals surface area contributed by atoms with Crippen LogP contribution in [0.5, 0.6) is 0 Å².